The summed E-state index contributed by atoms with van der Waals surface area (Å²) in [4.78, 5) is 15.0. The second kappa shape index (κ2) is 9.16. The van der Waals surface area contributed by atoms with Crippen LogP contribution < -0.4 is 11.1 Å². The summed E-state index contributed by atoms with van der Waals surface area (Å²) in [5.41, 5.74) is 10.7. The number of aryl methyl sites for hydroxylation is 2. The molecular formula is C23H31N3O. The van der Waals surface area contributed by atoms with E-state index in [9.17, 15) is 4.79 Å². The Bertz CT molecular complexity index is 737. The minimum absolute atomic E-state index is 0.0649. The van der Waals surface area contributed by atoms with Crippen LogP contribution in [0, 0.1) is 5.92 Å². The largest absolute Gasteiger partial charge is 0.330 e. The molecule has 2 aromatic carbocycles. The van der Waals surface area contributed by atoms with Gasteiger partial charge in [-0.1, -0.05) is 62.4 Å². The maximum atomic E-state index is 12.8. The summed E-state index contributed by atoms with van der Waals surface area (Å²) >= 11 is 0. The van der Waals surface area contributed by atoms with Gasteiger partial charge < -0.3 is 11.1 Å². The highest BCUT2D eigenvalue weighted by molar-refractivity contribution is 5.93. The van der Waals surface area contributed by atoms with Crippen molar-refractivity contribution >= 4 is 11.6 Å². The van der Waals surface area contributed by atoms with Gasteiger partial charge in [-0.3, -0.25) is 9.69 Å². The van der Waals surface area contributed by atoms with E-state index in [2.05, 4.69) is 66.5 Å². The van der Waals surface area contributed by atoms with Crippen LogP contribution >= 0.6 is 0 Å². The van der Waals surface area contributed by atoms with Gasteiger partial charge in [0, 0.05) is 24.7 Å². The Morgan fingerprint density at radius 2 is 1.70 bits per heavy atom. The minimum Gasteiger partial charge on any atom is -0.330 e. The zero-order valence-corrected chi connectivity index (χ0v) is 16.4. The van der Waals surface area contributed by atoms with E-state index in [0.29, 0.717) is 24.9 Å². The van der Waals surface area contributed by atoms with Crippen LogP contribution in [0.25, 0.3) is 0 Å². The number of nitrogens with zero attached hydrogens (tertiary/aromatic N) is 1. The van der Waals surface area contributed by atoms with E-state index in [1.54, 1.807) is 0 Å². The highest BCUT2D eigenvalue weighted by Crippen LogP contribution is 2.32. The van der Waals surface area contributed by atoms with Crippen LogP contribution in [0.15, 0.2) is 48.5 Å². The highest BCUT2D eigenvalue weighted by Gasteiger charge is 2.33. The first kappa shape index (κ1) is 19.6. The summed E-state index contributed by atoms with van der Waals surface area (Å²) in [5, 5.41) is 3.18. The van der Waals surface area contributed by atoms with Crippen molar-refractivity contribution in [1.82, 2.24) is 4.90 Å². The number of anilines is 1. The van der Waals surface area contributed by atoms with Gasteiger partial charge in [-0.05, 0) is 42.0 Å². The molecule has 2 aromatic rings. The predicted molar refractivity (Wildman–Crippen MR) is 112 cm³/mol. The molecule has 0 unspecified atom stereocenters. The molecule has 1 fully saturated rings. The third-order valence-corrected chi connectivity index (χ3v) is 5.68. The van der Waals surface area contributed by atoms with Gasteiger partial charge >= 0.3 is 0 Å². The molecule has 1 aliphatic heterocycles. The van der Waals surface area contributed by atoms with Crippen molar-refractivity contribution in [3.05, 3.63) is 65.2 Å². The fourth-order valence-electron chi connectivity index (χ4n) is 4.19. The van der Waals surface area contributed by atoms with E-state index in [-0.39, 0.29) is 5.91 Å². The Kier molecular flexibility index (Phi) is 6.64. The molecule has 0 bridgehead atoms. The molecule has 2 atom stereocenters. The van der Waals surface area contributed by atoms with Crippen molar-refractivity contribution in [2.75, 3.05) is 31.5 Å². The molecule has 0 aromatic heterocycles. The number of carbonyl (C=O) groups excluding carboxylic acids is 1. The zero-order valence-electron chi connectivity index (χ0n) is 16.4. The molecular weight excluding hydrogens is 334 g/mol. The van der Waals surface area contributed by atoms with Gasteiger partial charge in [-0.25, -0.2) is 0 Å². The molecule has 1 amide bonds. The summed E-state index contributed by atoms with van der Waals surface area (Å²) in [7, 11) is 0. The summed E-state index contributed by atoms with van der Waals surface area (Å²) in [6.07, 6.45) is 1.83. The molecule has 0 spiro atoms. The molecule has 0 saturated carbocycles. The fourth-order valence-corrected chi connectivity index (χ4v) is 4.19. The Hall–Kier alpha value is -2.17. The van der Waals surface area contributed by atoms with Gasteiger partial charge in [0.25, 0.3) is 0 Å². The van der Waals surface area contributed by atoms with Crippen molar-refractivity contribution in [3.63, 3.8) is 0 Å². The molecule has 3 N–H and O–H groups in total. The Labute approximate surface area is 162 Å². The lowest BCUT2D eigenvalue weighted by Crippen LogP contribution is -2.32. The van der Waals surface area contributed by atoms with E-state index in [4.69, 9.17) is 5.73 Å². The second-order valence-electron chi connectivity index (χ2n) is 7.41. The minimum atomic E-state index is 0.0649. The average molecular weight is 366 g/mol. The molecule has 4 heteroatoms. The van der Waals surface area contributed by atoms with Crippen molar-refractivity contribution < 1.29 is 4.79 Å². The Balaban J connectivity index is 1.67. The van der Waals surface area contributed by atoms with E-state index in [1.807, 2.05) is 6.07 Å². The third-order valence-electron chi connectivity index (χ3n) is 5.68. The lowest BCUT2D eigenvalue weighted by Gasteiger charge is -2.18. The molecule has 0 aliphatic carbocycles. The van der Waals surface area contributed by atoms with Crippen molar-refractivity contribution in [1.29, 1.82) is 0 Å². The van der Waals surface area contributed by atoms with Crippen LogP contribution in [-0.4, -0.2) is 37.0 Å². The monoisotopic (exact) mass is 365 g/mol. The smallest absolute Gasteiger partial charge is 0.238 e. The number of nitrogens with two attached hydrogens (primary N) is 1. The molecule has 3 rings (SSSR count). The van der Waals surface area contributed by atoms with E-state index >= 15 is 0 Å². The van der Waals surface area contributed by atoms with Crippen LogP contribution in [0.2, 0.25) is 0 Å². The number of carbonyl (C=O) groups is 1. The highest BCUT2D eigenvalue weighted by atomic mass is 16.2. The van der Waals surface area contributed by atoms with Gasteiger partial charge in [0.05, 0.1) is 6.54 Å². The normalized spacial score (nSPS) is 20.0. The first-order valence-corrected chi connectivity index (χ1v) is 10.0. The molecule has 0 radical (unpaired) electrons. The first-order chi connectivity index (χ1) is 13.2. The average Bonchev–Trinajstić information content (AvgIpc) is 3.11. The second-order valence-corrected chi connectivity index (χ2v) is 7.41. The summed E-state index contributed by atoms with van der Waals surface area (Å²) in [6.45, 7) is 7.08. The number of amides is 1. The van der Waals surface area contributed by atoms with E-state index < -0.39 is 0 Å². The molecule has 144 valence electrons. The summed E-state index contributed by atoms with van der Waals surface area (Å²) in [6, 6.07) is 16.8. The quantitative estimate of drug-likeness (QED) is 0.790. The van der Waals surface area contributed by atoms with Gasteiger partial charge in [-0.2, -0.15) is 0 Å². The first-order valence-electron chi connectivity index (χ1n) is 10.0. The zero-order chi connectivity index (χ0) is 19.2. The summed E-state index contributed by atoms with van der Waals surface area (Å²) < 4.78 is 0. The van der Waals surface area contributed by atoms with Crippen molar-refractivity contribution in [3.8, 4) is 0 Å². The van der Waals surface area contributed by atoms with Crippen LogP contribution in [0.4, 0.5) is 5.69 Å². The lowest BCUT2D eigenvalue weighted by atomic mass is 9.89. The third kappa shape index (κ3) is 4.57. The molecule has 27 heavy (non-hydrogen) atoms. The Morgan fingerprint density at radius 1 is 1.04 bits per heavy atom. The van der Waals surface area contributed by atoms with Crippen LogP contribution in [0.5, 0.6) is 0 Å². The number of rotatable bonds is 7. The van der Waals surface area contributed by atoms with Crippen molar-refractivity contribution in [2.45, 2.75) is 32.6 Å². The summed E-state index contributed by atoms with van der Waals surface area (Å²) in [5.74, 6) is 0.863. The van der Waals surface area contributed by atoms with Crippen molar-refractivity contribution in [2.24, 2.45) is 11.7 Å². The molecule has 1 saturated heterocycles. The molecule has 1 aliphatic rings. The molecule has 1 heterocycles. The number of nitrogens with one attached hydrogen (secondary N) is 1. The SMILES string of the molecule is CCc1cccc(CC)c1NC(=O)CN1C[C@@H](CN)[C@H](c2ccccc2)C1. The number of hydrogen-bond donors (Lipinski definition) is 2. The number of para-hydroxylation sites is 1. The van der Waals surface area contributed by atoms with E-state index in [1.165, 1.54) is 16.7 Å². The van der Waals surface area contributed by atoms with Gasteiger partial charge in [0.2, 0.25) is 5.91 Å². The Morgan fingerprint density at radius 3 is 2.30 bits per heavy atom. The number of benzene rings is 2. The standard InChI is InChI=1S/C23H31N3O/c1-3-17-11-8-12-18(4-2)23(17)25-22(27)16-26-14-20(13-24)21(15-26)19-9-6-5-7-10-19/h5-12,20-21H,3-4,13-16,24H2,1-2H3,(H,25,27)/t20-,21+/m1/s1. The molecule has 4 nitrogen and oxygen atoms in total. The predicted octanol–water partition coefficient (Wildman–Crippen LogP) is 3.42. The topological polar surface area (TPSA) is 58.4 Å². The number of likely N-dealkylation sites (tertiary alicyclic amines) is 1. The maximum Gasteiger partial charge on any atom is 0.238 e. The van der Waals surface area contributed by atoms with Crippen LogP contribution in [0.1, 0.15) is 36.5 Å². The van der Waals surface area contributed by atoms with Crippen LogP contribution in [-0.2, 0) is 17.6 Å². The van der Waals surface area contributed by atoms with E-state index in [0.717, 1.165) is 31.6 Å². The lowest BCUT2D eigenvalue weighted by molar-refractivity contribution is -0.117. The van der Waals surface area contributed by atoms with Gasteiger partial charge in [-0.15, -0.1) is 0 Å². The maximum absolute atomic E-state index is 12.8. The van der Waals surface area contributed by atoms with Gasteiger partial charge in [0.15, 0.2) is 0 Å². The van der Waals surface area contributed by atoms with Crippen LogP contribution in [0.3, 0.4) is 0 Å². The van der Waals surface area contributed by atoms with Gasteiger partial charge in [0.1, 0.15) is 0 Å². The number of hydrogen-bond acceptors (Lipinski definition) is 3. The fraction of sp³-hybridized carbons (Fsp3) is 0.435.